The zero-order valence-corrected chi connectivity index (χ0v) is 8.08. The SMILES string of the molecule is CS(=O)(=O)CCNc1ccncn1. The first-order chi connectivity index (χ1) is 6.08. The minimum Gasteiger partial charge on any atom is -0.369 e. The van der Waals surface area contributed by atoms with Crippen LogP contribution in [0.4, 0.5) is 5.82 Å². The molecular weight excluding hydrogens is 190 g/mol. The van der Waals surface area contributed by atoms with E-state index in [1.165, 1.54) is 12.6 Å². The Kier molecular flexibility index (Phi) is 3.18. The molecule has 5 nitrogen and oxygen atoms in total. The van der Waals surface area contributed by atoms with Gasteiger partial charge < -0.3 is 5.32 Å². The summed E-state index contributed by atoms with van der Waals surface area (Å²) in [5, 5.41) is 2.87. The molecule has 1 N–H and O–H groups in total. The van der Waals surface area contributed by atoms with Gasteiger partial charge in [0.25, 0.3) is 0 Å². The predicted octanol–water partition coefficient (Wildman–Crippen LogP) is -0.0669. The topological polar surface area (TPSA) is 72.0 Å². The highest BCUT2D eigenvalue weighted by Gasteiger charge is 2.00. The van der Waals surface area contributed by atoms with Crippen LogP contribution in [0.5, 0.6) is 0 Å². The van der Waals surface area contributed by atoms with Gasteiger partial charge in [-0.2, -0.15) is 0 Å². The van der Waals surface area contributed by atoms with Crippen LogP contribution in [0, 0.1) is 0 Å². The van der Waals surface area contributed by atoms with E-state index in [0.717, 1.165) is 0 Å². The van der Waals surface area contributed by atoms with E-state index in [2.05, 4.69) is 15.3 Å². The fourth-order valence-corrected chi connectivity index (χ4v) is 1.23. The third kappa shape index (κ3) is 4.41. The van der Waals surface area contributed by atoms with E-state index in [1.807, 2.05) is 0 Å². The van der Waals surface area contributed by atoms with Gasteiger partial charge in [-0.3, -0.25) is 0 Å². The van der Waals surface area contributed by atoms with E-state index in [1.54, 1.807) is 12.3 Å². The van der Waals surface area contributed by atoms with Crippen molar-refractivity contribution in [1.29, 1.82) is 0 Å². The van der Waals surface area contributed by atoms with Gasteiger partial charge >= 0.3 is 0 Å². The average molecular weight is 201 g/mol. The predicted molar refractivity (Wildman–Crippen MR) is 50.2 cm³/mol. The molecule has 1 aromatic heterocycles. The van der Waals surface area contributed by atoms with Gasteiger partial charge in [0.2, 0.25) is 0 Å². The molecule has 1 rings (SSSR count). The summed E-state index contributed by atoms with van der Waals surface area (Å²) >= 11 is 0. The van der Waals surface area contributed by atoms with E-state index >= 15 is 0 Å². The summed E-state index contributed by atoms with van der Waals surface area (Å²) < 4.78 is 21.5. The van der Waals surface area contributed by atoms with Crippen LogP contribution in [0.3, 0.4) is 0 Å². The summed E-state index contributed by atoms with van der Waals surface area (Å²) in [7, 11) is -2.90. The van der Waals surface area contributed by atoms with Crippen molar-refractivity contribution in [2.45, 2.75) is 0 Å². The van der Waals surface area contributed by atoms with Gasteiger partial charge in [-0.15, -0.1) is 0 Å². The fraction of sp³-hybridized carbons (Fsp3) is 0.429. The molecular formula is C7H11N3O2S. The quantitative estimate of drug-likeness (QED) is 0.738. The summed E-state index contributed by atoms with van der Waals surface area (Å²) in [6.07, 6.45) is 4.20. The summed E-state index contributed by atoms with van der Waals surface area (Å²) in [6, 6.07) is 1.68. The summed E-state index contributed by atoms with van der Waals surface area (Å²) in [4.78, 5) is 7.61. The zero-order valence-electron chi connectivity index (χ0n) is 7.27. The highest BCUT2D eigenvalue weighted by Crippen LogP contribution is 1.96. The Bertz CT molecular complexity index is 349. The normalized spacial score (nSPS) is 11.2. The van der Waals surface area contributed by atoms with E-state index in [4.69, 9.17) is 0 Å². The molecule has 0 aromatic carbocycles. The lowest BCUT2D eigenvalue weighted by Crippen LogP contribution is -2.14. The van der Waals surface area contributed by atoms with Gasteiger partial charge in [0.1, 0.15) is 22.0 Å². The number of rotatable bonds is 4. The van der Waals surface area contributed by atoms with Gasteiger partial charge in [-0.1, -0.05) is 0 Å². The van der Waals surface area contributed by atoms with Crippen LogP contribution >= 0.6 is 0 Å². The Balaban J connectivity index is 2.37. The first kappa shape index (κ1) is 9.91. The average Bonchev–Trinajstić information content (AvgIpc) is 2.04. The van der Waals surface area contributed by atoms with Crippen LogP contribution < -0.4 is 5.32 Å². The van der Waals surface area contributed by atoms with Gasteiger partial charge in [-0.25, -0.2) is 18.4 Å². The molecule has 1 aromatic rings. The van der Waals surface area contributed by atoms with Crippen LogP contribution in [0.15, 0.2) is 18.6 Å². The highest BCUT2D eigenvalue weighted by atomic mass is 32.2. The molecule has 72 valence electrons. The maximum Gasteiger partial charge on any atom is 0.149 e. The first-order valence-corrected chi connectivity index (χ1v) is 5.81. The van der Waals surface area contributed by atoms with Crippen molar-refractivity contribution in [3.05, 3.63) is 18.6 Å². The molecule has 0 spiro atoms. The molecule has 0 unspecified atom stereocenters. The second-order valence-corrected chi connectivity index (χ2v) is 4.91. The van der Waals surface area contributed by atoms with Crippen molar-refractivity contribution in [3.63, 3.8) is 0 Å². The Morgan fingerprint density at radius 1 is 1.54 bits per heavy atom. The molecule has 1 heterocycles. The lowest BCUT2D eigenvalue weighted by Gasteiger charge is -2.02. The first-order valence-electron chi connectivity index (χ1n) is 3.75. The largest absolute Gasteiger partial charge is 0.369 e. The monoisotopic (exact) mass is 201 g/mol. The molecule has 0 aliphatic heterocycles. The number of hydrogen-bond acceptors (Lipinski definition) is 5. The van der Waals surface area contributed by atoms with Crippen molar-refractivity contribution in [1.82, 2.24) is 9.97 Å². The van der Waals surface area contributed by atoms with Crippen LogP contribution in [0.1, 0.15) is 0 Å². The van der Waals surface area contributed by atoms with Gasteiger partial charge in [-0.05, 0) is 6.07 Å². The molecule has 0 bridgehead atoms. The molecule has 0 atom stereocenters. The fourth-order valence-electron chi connectivity index (χ4n) is 0.760. The highest BCUT2D eigenvalue weighted by molar-refractivity contribution is 7.90. The maximum absolute atomic E-state index is 10.7. The molecule has 0 saturated heterocycles. The number of aromatic nitrogens is 2. The summed E-state index contributed by atoms with van der Waals surface area (Å²) in [6.45, 7) is 0.371. The van der Waals surface area contributed by atoms with Crippen LogP contribution in [0.2, 0.25) is 0 Å². The van der Waals surface area contributed by atoms with E-state index in [-0.39, 0.29) is 5.75 Å². The number of sulfone groups is 1. The van der Waals surface area contributed by atoms with Gasteiger partial charge in [0.15, 0.2) is 0 Å². The third-order valence-corrected chi connectivity index (χ3v) is 2.31. The summed E-state index contributed by atoms with van der Waals surface area (Å²) in [5.41, 5.74) is 0. The van der Waals surface area contributed by atoms with Crippen LogP contribution in [-0.4, -0.2) is 36.9 Å². The molecule has 0 aliphatic rings. The molecule has 0 fully saturated rings. The lowest BCUT2D eigenvalue weighted by molar-refractivity contribution is 0.602. The van der Waals surface area contributed by atoms with Gasteiger partial charge in [0, 0.05) is 19.0 Å². The second kappa shape index (κ2) is 4.18. The minimum atomic E-state index is -2.90. The Morgan fingerprint density at radius 2 is 2.31 bits per heavy atom. The number of nitrogens with zero attached hydrogens (tertiary/aromatic N) is 2. The van der Waals surface area contributed by atoms with Crippen molar-refractivity contribution >= 4 is 15.7 Å². The van der Waals surface area contributed by atoms with E-state index in [0.29, 0.717) is 12.4 Å². The number of hydrogen-bond donors (Lipinski definition) is 1. The number of nitrogens with one attached hydrogen (secondary N) is 1. The molecule has 0 aliphatic carbocycles. The molecule has 0 amide bonds. The lowest BCUT2D eigenvalue weighted by atomic mass is 10.6. The van der Waals surface area contributed by atoms with Crippen molar-refractivity contribution in [2.75, 3.05) is 23.9 Å². The minimum absolute atomic E-state index is 0.108. The van der Waals surface area contributed by atoms with Crippen LogP contribution in [-0.2, 0) is 9.84 Å². The van der Waals surface area contributed by atoms with Crippen molar-refractivity contribution < 1.29 is 8.42 Å². The molecule has 13 heavy (non-hydrogen) atoms. The van der Waals surface area contributed by atoms with E-state index in [9.17, 15) is 8.42 Å². The Labute approximate surface area is 77.1 Å². The third-order valence-electron chi connectivity index (χ3n) is 1.36. The standard InChI is InChI=1S/C7H11N3O2S/c1-13(11,12)5-4-9-7-2-3-8-6-10-7/h2-3,6H,4-5H2,1H3,(H,8,9,10). The molecule has 0 saturated carbocycles. The molecule has 6 heteroatoms. The Hall–Kier alpha value is -1.17. The second-order valence-electron chi connectivity index (χ2n) is 2.65. The molecule has 0 radical (unpaired) electrons. The van der Waals surface area contributed by atoms with Crippen molar-refractivity contribution in [2.24, 2.45) is 0 Å². The maximum atomic E-state index is 10.7. The summed E-state index contributed by atoms with van der Waals surface area (Å²) in [5.74, 6) is 0.746. The Morgan fingerprint density at radius 3 is 2.85 bits per heavy atom. The van der Waals surface area contributed by atoms with Crippen molar-refractivity contribution in [3.8, 4) is 0 Å². The zero-order chi connectivity index (χ0) is 9.73. The van der Waals surface area contributed by atoms with E-state index < -0.39 is 9.84 Å². The number of anilines is 1. The van der Waals surface area contributed by atoms with Crippen LogP contribution in [0.25, 0.3) is 0 Å². The van der Waals surface area contributed by atoms with Gasteiger partial charge in [0.05, 0.1) is 5.75 Å². The smallest absolute Gasteiger partial charge is 0.149 e.